The Bertz CT molecular complexity index is 1000. The summed E-state index contributed by atoms with van der Waals surface area (Å²) in [5, 5.41) is -0.0613. The van der Waals surface area contributed by atoms with Crippen molar-refractivity contribution in [3.05, 3.63) is 53.1 Å². The van der Waals surface area contributed by atoms with Crippen LogP contribution in [0.3, 0.4) is 0 Å². The van der Waals surface area contributed by atoms with Gasteiger partial charge in [-0.3, -0.25) is 9.59 Å². The van der Waals surface area contributed by atoms with E-state index in [0.29, 0.717) is 5.57 Å². The molecule has 0 saturated carbocycles. The number of ketones is 2. The highest BCUT2D eigenvalue weighted by Crippen LogP contribution is 2.50. The fraction of sp³-hybridized carbons (Fsp3) is 0.538. The lowest BCUT2D eigenvalue weighted by Gasteiger charge is -2.47. The van der Waals surface area contributed by atoms with Gasteiger partial charge in [-0.2, -0.15) is 0 Å². The Morgan fingerprint density at radius 3 is 1.78 bits per heavy atom. The molecule has 0 spiro atoms. The van der Waals surface area contributed by atoms with Crippen LogP contribution in [-0.2, 0) is 18.4 Å². The van der Waals surface area contributed by atoms with Crippen LogP contribution in [-0.4, -0.2) is 34.3 Å². The Balaban J connectivity index is 2.25. The Morgan fingerprint density at radius 1 is 0.750 bits per heavy atom. The van der Waals surface area contributed by atoms with Gasteiger partial charge in [-0.15, -0.1) is 0 Å². The number of allylic oxidation sites excluding steroid dienone is 3. The summed E-state index contributed by atoms with van der Waals surface area (Å²) < 4.78 is 13.9. The first-order chi connectivity index (χ1) is 14.5. The Labute approximate surface area is 195 Å². The number of benzene rings is 1. The molecule has 174 valence electrons. The lowest BCUT2D eigenvalue weighted by Crippen LogP contribution is -2.51. The van der Waals surface area contributed by atoms with Gasteiger partial charge >= 0.3 is 0 Å². The molecular formula is C26H38O4Si2. The van der Waals surface area contributed by atoms with Crippen LogP contribution in [0.2, 0.25) is 36.3 Å². The maximum absolute atomic E-state index is 13.3. The van der Waals surface area contributed by atoms with Gasteiger partial charge in [-0.1, -0.05) is 65.8 Å². The molecule has 6 heteroatoms. The molecule has 1 aromatic rings. The lowest BCUT2D eigenvalue weighted by molar-refractivity contribution is -0.132. The van der Waals surface area contributed by atoms with E-state index in [1.165, 1.54) is 6.08 Å². The predicted molar refractivity (Wildman–Crippen MR) is 136 cm³/mol. The summed E-state index contributed by atoms with van der Waals surface area (Å²) in [7, 11) is -4.51. The largest absolute Gasteiger partial charge is 0.407 e. The summed E-state index contributed by atoms with van der Waals surface area (Å²) >= 11 is 0. The van der Waals surface area contributed by atoms with E-state index in [2.05, 4.69) is 73.8 Å². The Hall–Kier alpha value is -1.61. The molecule has 2 aliphatic rings. The van der Waals surface area contributed by atoms with Gasteiger partial charge in [-0.25, -0.2) is 0 Å². The first kappa shape index (κ1) is 25.0. The summed E-state index contributed by atoms with van der Waals surface area (Å²) in [6.07, 6.45) is 2.14. The van der Waals surface area contributed by atoms with Gasteiger partial charge in [0.15, 0.2) is 16.6 Å². The summed E-state index contributed by atoms with van der Waals surface area (Å²) in [6.45, 7) is 22.0. The van der Waals surface area contributed by atoms with Crippen LogP contribution in [0.5, 0.6) is 0 Å². The molecule has 2 unspecified atom stereocenters. The average Bonchev–Trinajstić information content (AvgIpc) is 2.64. The zero-order valence-corrected chi connectivity index (χ0v) is 23.3. The molecule has 0 aliphatic heterocycles. The van der Waals surface area contributed by atoms with E-state index < -0.39 is 40.4 Å². The number of rotatable bonds is 4. The van der Waals surface area contributed by atoms with E-state index in [1.54, 1.807) is 6.08 Å². The van der Waals surface area contributed by atoms with Gasteiger partial charge in [0.2, 0.25) is 11.6 Å². The van der Waals surface area contributed by atoms with E-state index in [4.69, 9.17) is 8.85 Å². The summed E-state index contributed by atoms with van der Waals surface area (Å²) in [4.78, 5) is 25.7. The third kappa shape index (κ3) is 4.30. The standard InChI is InChI=1S/C26H38O4Si2/c1-25(2,3)31(7,8)29-23-19-14-12-11-13-17(19)18-15-16-20(27)22(28)21(18)24(23)30-32(9,10)26(4,5)6/h11-16,23-24H,1-10H3. The lowest BCUT2D eigenvalue weighted by atomic mass is 9.77. The van der Waals surface area contributed by atoms with E-state index in [1.807, 2.05) is 18.2 Å². The monoisotopic (exact) mass is 470 g/mol. The third-order valence-corrected chi connectivity index (χ3v) is 16.6. The topological polar surface area (TPSA) is 52.6 Å². The van der Waals surface area contributed by atoms with E-state index in [-0.39, 0.29) is 10.1 Å². The molecule has 0 aromatic heterocycles. The van der Waals surface area contributed by atoms with Crippen molar-refractivity contribution >= 4 is 33.8 Å². The Kier molecular flexibility index (Phi) is 6.26. The minimum atomic E-state index is -2.29. The quantitative estimate of drug-likeness (QED) is 0.282. The van der Waals surface area contributed by atoms with Gasteiger partial charge in [0, 0.05) is 5.57 Å². The third-order valence-electron chi connectivity index (χ3n) is 7.73. The highest BCUT2D eigenvalue weighted by atomic mass is 28.4. The van der Waals surface area contributed by atoms with Crippen molar-refractivity contribution in [3.63, 3.8) is 0 Å². The van der Waals surface area contributed by atoms with Crippen molar-refractivity contribution in [2.45, 2.75) is 90.0 Å². The maximum atomic E-state index is 13.3. The highest BCUT2D eigenvalue weighted by molar-refractivity contribution is 6.74. The SMILES string of the molecule is CC(C)(C)[Si](C)(C)OC1C2=C(C=CC(=O)C2=O)c2ccccc2C1O[Si](C)(C)C(C)(C)C. The number of hydrogen-bond donors (Lipinski definition) is 0. The minimum Gasteiger partial charge on any atom is -0.407 e. The summed E-state index contributed by atoms with van der Waals surface area (Å²) in [6, 6.07) is 8.07. The van der Waals surface area contributed by atoms with Crippen LogP contribution >= 0.6 is 0 Å². The molecule has 0 saturated heterocycles. The molecule has 2 atom stereocenters. The molecule has 3 rings (SSSR count). The van der Waals surface area contributed by atoms with Crippen molar-refractivity contribution in [2.75, 3.05) is 0 Å². The molecule has 0 amide bonds. The normalized spacial score (nSPS) is 22.2. The Morgan fingerprint density at radius 2 is 1.25 bits per heavy atom. The van der Waals surface area contributed by atoms with E-state index in [0.717, 1.165) is 16.7 Å². The first-order valence-electron chi connectivity index (χ1n) is 11.4. The van der Waals surface area contributed by atoms with Crippen LogP contribution in [0.15, 0.2) is 42.0 Å². The molecule has 0 N–H and O–H groups in total. The average molecular weight is 471 g/mol. The number of carbonyl (C=O) groups is 2. The molecule has 0 bridgehead atoms. The van der Waals surface area contributed by atoms with Crippen LogP contribution in [0.4, 0.5) is 0 Å². The van der Waals surface area contributed by atoms with Crippen molar-refractivity contribution in [3.8, 4) is 0 Å². The minimum absolute atomic E-state index is 0.00950. The van der Waals surface area contributed by atoms with Crippen molar-refractivity contribution < 1.29 is 18.4 Å². The molecule has 0 radical (unpaired) electrons. The van der Waals surface area contributed by atoms with Gasteiger partial charge in [0.25, 0.3) is 0 Å². The molecular weight excluding hydrogens is 432 g/mol. The van der Waals surface area contributed by atoms with Gasteiger partial charge in [0.1, 0.15) is 12.2 Å². The fourth-order valence-corrected chi connectivity index (χ4v) is 6.10. The second kappa shape index (κ2) is 8.01. The molecule has 1 aromatic carbocycles. The molecule has 0 heterocycles. The van der Waals surface area contributed by atoms with Gasteiger partial charge in [0.05, 0.1) is 0 Å². The molecule has 2 aliphatic carbocycles. The molecule has 4 nitrogen and oxygen atoms in total. The second-order valence-corrected chi connectivity index (χ2v) is 21.6. The number of Topliss-reactive ketones (excluding diaryl/α,β-unsaturated/α-hetero) is 1. The number of carbonyl (C=O) groups excluding carboxylic acids is 2. The number of hydrogen-bond acceptors (Lipinski definition) is 4. The van der Waals surface area contributed by atoms with Crippen molar-refractivity contribution in [1.82, 2.24) is 0 Å². The second-order valence-electron chi connectivity index (χ2n) is 12.0. The summed E-state index contributed by atoms with van der Waals surface area (Å²) in [5.41, 5.74) is 3.25. The fourth-order valence-electron chi connectivity index (χ4n) is 3.64. The predicted octanol–water partition coefficient (Wildman–Crippen LogP) is 6.62. The van der Waals surface area contributed by atoms with Crippen LogP contribution < -0.4 is 0 Å². The zero-order valence-electron chi connectivity index (χ0n) is 21.3. The van der Waals surface area contributed by atoms with Crippen LogP contribution in [0.1, 0.15) is 58.8 Å². The zero-order chi connectivity index (χ0) is 24.3. The van der Waals surface area contributed by atoms with Crippen molar-refractivity contribution in [2.24, 2.45) is 0 Å². The molecule has 0 fully saturated rings. The van der Waals surface area contributed by atoms with E-state index in [9.17, 15) is 9.59 Å². The number of fused-ring (bicyclic) bond motifs is 2. The highest BCUT2D eigenvalue weighted by Gasteiger charge is 2.50. The van der Waals surface area contributed by atoms with E-state index >= 15 is 0 Å². The first-order valence-corrected chi connectivity index (χ1v) is 17.3. The maximum Gasteiger partial charge on any atom is 0.232 e. The van der Waals surface area contributed by atoms with Gasteiger partial charge < -0.3 is 8.85 Å². The van der Waals surface area contributed by atoms with Crippen LogP contribution in [0, 0.1) is 0 Å². The smallest absolute Gasteiger partial charge is 0.232 e. The summed E-state index contributed by atoms with van der Waals surface area (Å²) in [5.74, 6) is -0.956. The van der Waals surface area contributed by atoms with Crippen LogP contribution in [0.25, 0.3) is 5.57 Å². The van der Waals surface area contributed by atoms with Crippen molar-refractivity contribution in [1.29, 1.82) is 0 Å². The van der Waals surface area contributed by atoms with Gasteiger partial charge in [-0.05, 0) is 65.1 Å². The molecule has 32 heavy (non-hydrogen) atoms.